The van der Waals surface area contributed by atoms with Crippen LogP contribution in [0.5, 0.6) is 0 Å². The fourth-order valence-electron chi connectivity index (χ4n) is 1.80. The molecule has 5 heteroatoms. The third-order valence-corrected chi connectivity index (χ3v) is 3.77. The van der Waals surface area contributed by atoms with E-state index in [9.17, 15) is 4.79 Å². The second-order valence-electron chi connectivity index (χ2n) is 4.86. The molecule has 1 aliphatic rings. The predicted octanol–water partition coefficient (Wildman–Crippen LogP) is 1.54. The van der Waals surface area contributed by atoms with Gasteiger partial charge in [0.05, 0.1) is 3.57 Å². The normalized spacial score (nSPS) is 17.1. The van der Waals surface area contributed by atoms with Crippen LogP contribution in [0.1, 0.15) is 25.6 Å². The van der Waals surface area contributed by atoms with E-state index in [4.69, 9.17) is 0 Å². The number of hydrogen-bond acceptors (Lipinski definition) is 3. The van der Waals surface area contributed by atoms with Gasteiger partial charge in [0.15, 0.2) is 0 Å². The summed E-state index contributed by atoms with van der Waals surface area (Å²) in [6.07, 6.45) is 4.24. The molecule has 0 aliphatic heterocycles. The van der Waals surface area contributed by atoms with Gasteiger partial charge in [-0.15, -0.1) is 0 Å². The lowest BCUT2D eigenvalue weighted by Crippen LogP contribution is -2.32. The van der Waals surface area contributed by atoms with E-state index in [1.165, 1.54) is 12.8 Å². The van der Waals surface area contributed by atoms with E-state index in [0.29, 0.717) is 9.49 Å². The van der Waals surface area contributed by atoms with Gasteiger partial charge in [-0.05, 0) is 54.8 Å². The first-order valence-corrected chi connectivity index (χ1v) is 7.11. The Labute approximate surface area is 115 Å². The van der Waals surface area contributed by atoms with Crippen LogP contribution in [0.4, 0.5) is 0 Å². The summed E-state index contributed by atoms with van der Waals surface area (Å²) in [5.74, 6) is 1.25. The Balaban J connectivity index is 2.01. The number of nitrogens with zero attached hydrogens (tertiary/aromatic N) is 2. The quantitative estimate of drug-likeness (QED) is 0.822. The maximum absolute atomic E-state index is 12.0. The van der Waals surface area contributed by atoms with Crippen molar-refractivity contribution in [3.8, 4) is 0 Å². The average Bonchev–Trinajstić information content (AvgIpc) is 3.11. The lowest BCUT2D eigenvalue weighted by molar-refractivity contribution is 0.428. The first-order chi connectivity index (χ1) is 8.08. The van der Waals surface area contributed by atoms with E-state index >= 15 is 0 Å². The zero-order valence-electron chi connectivity index (χ0n) is 10.2. The van der Waals surface area contributed by atoms with Gasteiger partial charge in [0.1, 0.15) is 5.82 Å². The lowest BCUT2D eigenvalue weighted by Gasteiger charge is -2.16. The van der Waals surface area contributed by atoms with Gasteiger partial charge in [0, 0.05) is 18.8 Å². The van der Waals surface area contributed by atoms with Crippen LogP contribution in [0, 0.1) is 16.4 Å². The van der Waals surface area contributed by atoms with Crippen molar-refractivity contribution in [2.75, 3.05) is 6.54 Å². The van der Waals surface area contributed by atoms with Crippen molar-refractivity contribution in [2.24, 2.45) is 5.92 Å². The Hall–Kier alpha value is -0.430. The number of nitrogens with one attached hydrogen (secondary N) is 1. The third kappa shape index (κ3) is 3.51. The van der Waals surface area contributed by atoms with Gasteiger partial charge in [-0.25, -0.2) is 4.98 Å². The molecular weight excluding hydrogens is 329 g/mol. The summed E-state index contributed by atoms with van der Waals surface area (Å²) in [4.78, 5) is 16.2. The van der Waals surface area contributed by atoms with E-state index < -0.39 is 0 Å². The molecule has 0 bridgehead atoms. The molecule has 1 heterocycles. The third-order valence-electron chi connectivity index (χ3n) is 3.03. The highest BCUT2D eigenvalue weighted by atomic mass is 127. The molecule has 2 rings (SSSR count). The minimum absolute atomic E-state index is 0.0800. The topological polar surface area (TPSA) is 46.9 Å². The first kappa shape index (κ1) is 13.0. The van der Waals surface area contributed by atoms with E-state index in [2.05, 4.69) is 17.2 Å². The fourth-order valence-corrected chi connectivity index (χ4v) is 2.23. The van der Waals surface area contributed by atoms with Crippen molar-refractivity contribution in [2.45, 2.75) is 39.3 Å². The summed E-state index contributed by atoms with van der Waals surface area (Å²) >= 11 is 2.04. The molecule has 1 aliphatic carbocycles. The second-order valence-corrected chi connectivity index (χ2v) is 6.02. The van der Waals surface area contributed by atoms with Crippen molar-refractivity contribution in [1.29, 1.82) is 0 Å². The highest BCUT2D eigenvalue weighted by Gasteiger charge is 2.21. The molecule has 1 atom stereocenters. The summed E-state index contributed by atoms with van der Waals surface area (Å²) in [6, 6.07) is 0.726. The molecular formula is C12H18IN3O. The summed E-state index contributed by atoms with van der Waals surface area (Å²) in [5.41, 5.74) is 0.0800. The van der Waals surface area contributed by atoms with E-state index in [1.54, 1.807) is 10.8 Å². The minimum atomic E-state index is 0.0800. The molecule has 1 aromatic heterocycles. The summed E-state index contributed by atoms with van der Waals surface area (Å²) in [5, 5.41) is 3.49. The zero-order valence-corrected chi connectivity index (χ0v) is 12.4. The Morgan fingerprint density at radius 1 is 1.65 bits per heavy atom. The van der Waals surface area contributed by atoms with Crippen LogP contribution in [0.2, 0.25) is 0 Å². The Bertz CT molecular complexity index is 454. The average molecular weight is 347 g/mol. The molecule has 0 spiro atoms. The SMILES string of the molecule is Cc1ncc(I)c(=O)n1CC(C)CNC1CC1. The molecule has 0 aromatic carbocycles. The van der Waals surface area contributed by atoms with Crippen LogP contribution < -0.4 is 10.9 Å². The summed E-state index contributed by atoms with van der Waals surface area (Å²) in [6.45, 7) is 5.77. The van der Waals surface area contributed by atoms with Crippen molar-refractivity contribution < 1.29 is 0 Å². The van der Waals surface area contributed by atoms with Crippen molar-refractivity contribution in [3.63, 3.8) is 0 Å². The monoisotopic (exact) mass is 347 g/mol. The predicted molar refractivity (Wildman–Crippen MR) is 76.1 cm³/mol. The molecule has 17 heavy (non-hydrogen) atoms. The largest absolute Gasteiger partial charge is 0.314 e. The maximum atomic E-state index is 12.0. The van der Waals surface area contributed by atoms with Gasteiger partial charge in [-0.3, -0.25) is 9.36 Å². The van der Waals surface area contributed by atoms with Gasteiger partial charge < -0.3 is 5.32 Å². The van der Waals surface area contributed by atoms with Crippen LogP contribution in [-0.2, 0) is 6.54 Å². The number of aromatic nitrogens is 2. The first-order valence-electron chi connectivity index (χ1n) is 6.03. The molecule has 94 valence electrons. The molecule has 0 amide bonds. The second kappa shape index (κ2) is 5.48. The molecule has 4 nitrogen and oxygen atoms in total. The Kier molecular flexibility index (Phi) is 4.19. The standard InChI is InChI=1S/C12H18IN3O/c1-8(5-15-10-3-4-10)7-16-9(2)14-6-11(13)12(16)17/h6,8,10,15H,3-5,7H2,1-2H3. The molecule has 1 saturated carbocycles. The minimum Gasteiger partial charge on any atom is -0.314 e. The lowest BCUT2D eigenvalue weighted by atomic mass is 10.2. The van der Waals surface area contributed by atoms with Crippen LogP contribution in [0.25, 0.3) is 0 Å². The van der Waals surface area contributed by atoms with Crippen molar-refractivity contribution in [3.05, 3.63) is 25.9 Å². The molecule has 1 unspecified atom stereocenters. The molecule has 1 N–H and O–H groups in total. The molecule has 1 aromatic rings. The van der Waals surface area contributed by atoms with Gasteiger partial charge >= 0.3 is 0 Å². The number of aryl methyl sites for hydroxylation is 1. The summed E-state index contributed by atoms with van der Waals surface area (Å²) in [7, 11) is 0. The van der Waals surface area contributed by atoms with Crippen molar-refractivity contribution in [1.82, 2.24) is 14.9 Å². The van der Waals surface area contributed by atoms with Crippen LogP contribution in [0.15, 0.2) is 11.0 Å². The smallest absolute Gasteiger partial charge is 0.266 e. The molecule has 0 saturated heterocycles. The number of hydrogen-bond donors (Lipinski definition) is 1. The highest BCUT2D eigenvalue weighted by Crippen LogP contribution is 2.18. The van der Waals surface area contributed by atoms with E-state index in [-0.39, 0.29) is 5.56 Å². The Morgan fingerprint density at radius 2 is 2.35 bits per heavy atom. The van der Waals surface area contributed by atoms with Crippen LogP contribution in [0.3, 0.4) is 0 Å². The van der Waals surface area contributed by atoms with E-state index in [1.807, 2.05) is 29.5 Å². The van der Waals surface area contributed by atoms with Crippen LogP contribution >= 0.6 is 22.6 Å². The van der Waals surface area contributed by atoms with Gasteiger partial charge in [0.2, 0.25) is 0 Å². The van der Waals surface area contributed by atoms with Gasteiger partial charge in [0.25, 0.3) is 5.56 Å². The van der Waals surface area contributed by atoms with E-state index in [0.717, 1.165) is 25.0 Å². The zero-order chi connectivity index (χ0) is 12.4. The highest BCUT2D eigenvalue weighted by molar-refractivity contribution is 14.1. The number of rotatable bonds is 5. The summed E-state index contributed by atoms with van der Waals surface area (Å²) < 4.78 is 2.47. The molecule has 1 fully saturated rings. The van der Waals surface area contributed by atoms with Crippen LogP contribution in [-0.4, -0.2) is 22.1 Å². The Morgan fingerprint density at radius 3 is 3.00 bits per heavy atom. The molecule has 0 radical (unpaired) electrons. The van der Waals surface area contributed by atoms with Gasteiger partial charge in [-0.1, -0.05) is 6.92 Å². The number of halogens is 1. The van der Waals surface area contributed by atoms with Crippen molar-refractivity contribution >= 4 is 22.6 Å². The fraction of sp³-hybridized carbons (Fsp3) is 0.667. The maximum Gasteiger partial charge on any atom is 0.266 e. The van der Waals surface area contributed by atoms with Gasteiger partial charge in [-0.2, -0.15) is 0 Å².